The highest BCUT2D eigenvalue weighted by Gasteiger charge is 2.16. The lowest BCUT2D eigenvalue weighted by Crippen LogP contribution is -2.13. The average Bonchev–Trinajstić information content (AvgIpc) is 3.30. The van der Waals surface area contributed by atoms with Crippen molar-refractivity contribution in [2.45, 2.75) is 18.7 Å². The summed E-state index contributed by atoms with van der Waals surface area (Å²) in [5.74, 6) is 1.17. The molecule has 0 saturated carbocycles. The van der Waals surface area contributed by atoms with Gasteiger partial charge < -0.3 is 14.6 Å². The van der Waals surface area contributed by atoms with Crippen LogP contribution in [0.25, 0.3) is 22.8 Å². The summed E-state index contributed by atoms with van der Waals surface area (Å²) in [6.07, 6.45) is 0. The van der Waals surface area contributed by atoms with Gasteiger partial charge in [0.2, 0.25) is 11.7 Å². The molecule has 0 aliphatic heterocycles. The minimum absolute atomic E-state index is 0.0596. The normalized spacial score (nSPS) is 11.1. The summed E-state index contributed by atoms with van der Waals surface area (Å²) in [7, 11) is -3.84. The number of aromatic nitrogens is 2. The third kappa shape index (κ3) is 5.41. The van der Waals surface area contributed by atoms with Gasteiger partial charge in [-0.2, -0.15) is 4.98 Å². The monoisotopic (exact) mass is 478 g/mol. The third-order valence-corrected chi connectivity index (χ3v) is 6.09. The maximum absolute atomic E-state index is 12.8. The maximum atomic E-state index is 12.8. The molecule has 3 aromatic carbocycles. The van der Waals surface area contributed by atoms with E-state index in [-0.39, 0.29) is 10.8 Å². The zero-order valence-corrected chi connectivity index (χ0v) is 19.3. The molecule has 0 aliphatic rings. The lowest BCUT2D eigenvalue weighted by atomic mass is 10.2. The largest absolute Gasteiger partial charge is 0.494 e. The van der Waals surface area contributed by atoms with Gasteiger partial charge in [-0.15, -0.1) is 0 Å². The Morgan fingerprint density at radius 3 is 2.38 bits per heavy atom. The molecule has 0 saturated heterocycles. The van der Waals surface area contributed by atoms with Crippen molar-refractivity contribution in [3.8, 4) is 28.6 Å². The summed E-state index contributed by atoms with van der Waals surface area (Å²) in [6, 6.07) is 19.9. The molecule has 10 heteroatoms. The van der Waals surface area contributed by atoms with E-state index in [1.165, 1.54) is 31.2 Å². The van der Waals surface area contributed by atoms with E-state index in [9.17, 15) is 13.2 Å². The van der Waals surface area contributed by atoms with Crippen LogP contribution in [-0.2, 0) is 14.8 Å². The minimum atomic E-state index is -3.84. The zero-order chi connectivity index (χ0) is 24.1. The number of amides is 1. The zero-order valence-electron chi connectivity index (χ0n) is 18.5. The van der Waals surface area contributed by atoms with Gasteiger partial charge in [-0.3, -0.25) is 9.52 Å². The van der Waals surface area contributed by atoms with Crippen molar-refractivity contribution in [3.63, 3.8) is 0 Å². The second kappa shape index (κ2) is 9.75. The molecule has 0 radical (unpaired) electrons. The molecule has 0 bridgehead atoms. The summed E-state index contributed by atoms with van der Waals surface area (Å²) in [4.78, 5) is 15.6. The summed E-state index contributed by atoms with van der Waals surface area (Å²) in [5.41, 5.74) is 2.17. The fourth-order valence-electron chi connectivity index (χ4n) is 3.17. The highest BCUT2D eigenvalue weighted by molar-refractivity contribution is 7.92. The van der Waals surface area contributed by atoms with Crippen LogP contribution in [0, 0.1) is 0 Å². The standard InChI is InChI=1S/C24H22N4O5S/c1-3-32-21-11-7-17(8-12-21)24-26-23(27-33-24)18-5-4-6-20(15-18)28-34(30,31)22-13-9-19(10-14-22)25-16(2)29/h4-15,28H,3H2,1-2H3,(H,25,29). The molecule has 4 aromatic rings. The van der Waals surface area contributed by atoms with E-state index in [0.29, 0.717) is 35.3 Å². The fraction of sp³-hybridized carbons (Fsp3) is 0.125. The number of hydrogen-bond acceptors (Lipinski definition) is 7. The molecule has 1 aromatic heterocycles. The molecule has 0 spiro atoms. The van der Waals surface area contributed by atoms with Crippen molar-refractivity contribution in [3.05, 3.63) is 72.8 Å². The van der Waals surface area contributed by atoms with Crippen molar-refractivity contribution in [1.29, 1.82) is 0 Å². The van der Waals surface area contributed by atoms with Gasteiger partial charge in [0.05, 0.1) is 11.5 Å². The average molecular weight is 479 g/mol. The molecular formula is C24H22N4O5S. The summed E-state index contributed by atoms with van der Waals surface area (Å²) >= 11 is 0. The number of nitrogens with one attached hydrogen (secondary N) is 2. The van der Waals surface area contributed by atoms with E-state index in [4.69, 9.17) is 9.26 Å². The maximum Gasteiger partial charge on any atom is 0.261 e. The highest BCUT2D eigenvalue weighted by atomic mass is 32.2. The number of ether oxygens (including phenoxy) is 1. The first-order chi connectivity index (χ1) is 16.3. The molecule has 9 nitrogen and oxygen atoms in total. The highest BCUT2D eigenvalue weighted by Crippen LogP contribution is 2.26. The predicted molar refractivity (Wildman–Crippen MR) is 128 cm³/mol. The van der Waals surface area contributed by atoms with E-state index in [1.54, 1.807) is 24.3 Å². The number of anilines is 2. The SMILES string of the molecule is CCOc1ccc(-c2nc(-c3cccc(NS(=O)(=O)c4ccc(NC(C)=O)cc4)c3)no2)cc1. The summed E-state index contributed by atoms with van der Waals surface area (Å²) in [5, 5.41) is 6.62. The van der Waals surface area contributed by atoms with Crippen molar-refractivity contribution < 1.29 is 22.5 Å². The lowest BCUT2D eigenvalue weighted by molar-refractivity contribution is -0.114. The Morgan fingerprint density at radius 1 is 0.971 bits per heavy atom. The van der Waals surface area contributed by atoms with E-state index >= 15 is 0 Å². The third-order valence-electron chi connectivity index (χ3n) is 4.70. The van der Waals surface area contributed by atoms with Gasteiger partial charge in [-0.1, -0.05) is 17.3 Å². The molecule has 2 N–H and O–H groups in total. The Morgan fingerprint density at radius 2 is 1.71 bits per heavy atom. The van der Waals surface area contributed by atoms with Crippen LogP contribution in [0.15, 0.2) is 82.2 Å². The van der Waals surface area contributed by atoms with Crippen LogP contribution in [0.4, 0.5) is 11.4 Å². The Hall–Kier alpha value is -4.18. The molecular weight excluding hydrogens is 456 g/mol. The number of nitrogens with zero attached hydrogens (tertiary/aromatic N) is 2. The Labute approximate surface area is 196 Å². The van der Waals surface area contributed by atoms with E-state index in [0.717, 1.165) is 11.3 Å². The second-order valence-corrected chi connectivity index (χ2v) is 8.95. The first kappa shape index (κ1) is 23.0. The van der Waals surface area contributed by atoms with Crippen LogP contribution in [0.2, 0.25) is 0 Å². The van der Waals surface area contributed by atoms with Gasteiger partial charge in [-0.05, 0) is 67.6 Å². The van der Waals surface area contributed by atoms with E-state index < -0.39 is 10.0 Å². The van der Waals surface area contributed by atoms with E-state index in [2.05, 4.69) is 20.2 Å². The van der Waals surface area contributed by atoms with Gasteiger partial charge in [0, 0.05) is 29.4 Å². The molecule has 0 unspecified atom stereocenters. The van der Waals surface area contributed by atoms with Crippen molar-refractivity contribution >= 4 is 27.3 Å². The second-order valence-electron chi connectivity index (χ2n) is 7.27. The lowest BCUT2D eigenvalue weighted by Gasteiger charge is -2.09. The number of benzene rings is 3. The summed E-state index contributed by atoms with van der Waals surface area (Å²) < 4.78 is 38.9. The Kier molecular flexibility index (Phi) is 6.60. The first-order valence-electron chi connectivity index (χ1n) is 10.4. The van der Waals surface area contributed by atoms with Crippen molar-refractivity contribution in [2.24, 2.45) is 0 Å². The van der Waals surface area contributed by atoms with Crippen LogP contribution in [0.5, 0.6) is 5.75 Å². The number of sulfonamides is 1. The van der Waals surface area contributed by atoms with Gasteiger partial charge in [0.1, 0.15) is 5.75 Å². The molecule has 0 fully saturated rings. The van der Waals surface area contributed by atoms with Crippen LogP contribution in [-0.4, -0.2) is 31.1 Å². The predicted octanol–water partition coefficient (Wildman–Crippen LogP) is 4.56. The van der Waals surface area contributed by atoms with Crippen LogP contribution < -0.4 is 14.8 Å². The van der Waals surface area contributed by atoms with Gasteiger partial charge >= 0.3 is 0 Å². The number of rotatable bonds is 8. The molecule has 1 heterocycles. The molecule has 0 aliphatic carbocycles. The molecule has 4 rings (SSSR count). The van der Waals surface area contributed by atoms with E-state index in [1.807, 2.05) is 31.2 Å². The molecule has 0 atom stereocenters. The topological polar surface area (TPSA) is 123 Å². The summed E-state index contributed by atoms with van der Waals surface area (Å²) in [6.45, 7) is 3.87. The van der Waals surface area contributed by atoms with Crippen LogP contribution >= 0.6 is 0 Å². The van der Waals surface area contributed by atoms with Crippen LogP contribution in [0.1, 0.15) is 13.8 Å². The van der Waals surface area contributed by atoms with Gasteiger partial charge in [0.15, 0.2) is 0 Å². The first-order valence-corrected chi connectivity index (χ1v) is 11.9. The quantitative estimate of drug-likeness (QED) is 0.380. The van der Waals surface area contributed by atoms with Crippen LogP contribution in [0.3, 0.4) is 0 Å². The van der Waals surface area contributed by atoms with Gasteiger partial charge in [-0.25, -0.2) is 8.42 Å². The number of hydrogen-bond donors (Lipinski definition) is 2. The fourth-order valence-corrected chi connectivity index (χ4v) is 4.22. The molecule has 1 amide bonds. The Balaban J connectivity index is 1.51. The van der Waals surface area contributed by atoms with Crippen molar-refractivity contribution in [2.75, 3.05) is 16.6 Å². The number of carbonyl (C=O) groups is 1. The Bertz CT molecular complexity index is 1400. The molecule has 174 valence electrons. The minimum Gasteiger partial charge on any atom is -0.494 e. The molecule has 34 heavy (non-hydrogen) atoms. The van der Waals surface area contributed by atoms with Gasteiger partial charge in [0.25, 0.3) is 15.9 Å². The number of carbonyl (C=O) groups excluding carboxylic acids is 1. The van der Waals surface area contributed by atoms with Crippen molar-refractivity contribution in [1.82, 2.24) is 10.1 Å². The smallest absolute Gasteiger partial charge is 0.261 e.